The van der Waals surface area contributed by atoms with Gasteiger partial charge in [-0.05, 0) is 55.0 Å². The first-order chi connectivity index (χ1) is 15.8. The SMILES string of the molecule is O=C1CC[C@@H](c2ccccc2)C[C@H]1CC(S(=O)(=O)c1ccccc1)S(=O)(=O)c1ccccc1. The number of hydrogen-bond acceptors (Lipinski definition) is 5. The third kappa shape index (κ3) is 4.94. The molecule has 0 unspecified atom stereocenters. The molecule has 0 aliphatic heterocycles. The van der Waals surface area contributed by atoms with Gasteiger partial charge in [0.2, 0.25) is 0 Å². The van der Waals surface area contributed by atoms with Crippen LogP contribution in [-0.2, 0) is 24.5 Å². The third-order valence-electron chi connectivity index (χ3n) is 6.35. The monoisotopic (exact) mass is 482 g/mol. The van der Waals surface area contributed by atoms with Crippen LogP contribution in [-0.4, -0.2) is 27.2 Å². The minimum absolute atomic E-state index is 0.0580. The van der Waals surface area contributed by atoms with E-state index >= 15 is 0 Å². The van der Waals surface area contributed by atoms with Gasteiger partial charge in [0, 0.05) is 12.3 Å². The Morgan fingerprint density at radius 1 is 0.697 bits per heavy atom. The second-order valence-corrected chi connectivity index (χ2v) is 13.0. The van der Waals surface area contributed by atoms with Crippen molar-refractivity contribution in [2.75, 3.05) is 0 Å². The molecule has 4 rings (SSSR count). The van der Waals surface area contributed by atoms with Crippen LogP contribution in [0.25, 0.3) is 0 Å². The molecule has 0 spiro atoms. The molecule has 1 aliphatic rings. The average Bonchev–Trinajstić information content (AvgIpc) is 2.85. The number of rotatable bonds is 7. The Labute approximate surface area is 195 Å². The van der Waals surface area contributed by atoms with Gasteiger partial charge < -0.3 is 0 Å². The molecule has 0 bridgehead atoms. The first-order valence-corrected chi connectivity index (χ1v) is 14.0. The van der Waals surface area contributed by atoms with E-state index in [1.54, 1.807) is 36.4 Å². The van der Waals surface area contributed by atoms with Gasteiger partial charge in [-0.1, -0.05) is 66.7 Å². The summed E-state index contributed by atoms with van der Waals surface area (Å²) in [4.78, 5) is 12.7. The molecular weight excluding hydrogens is 456 g/mol. The van der Waals surface area contributed by atoms with E-state index in [-0.39, 0.29) is 27.9 Å². The van der Waals surface area contributed by atoms with Gasteiger partial charge in [-0.2, -0.15) is 0 Å². The van der Waals surface area contributed by atoms with Crippen LogP contribution < -0.4 is 0 Å². The Balaban J connectivity index is 1.73. The highest BCUT2D eigenvalue weighted by molar-refractivity contribution is 8.09. The lowest BCUT2D eigenvalue weighted by Crippen LogP contribution is -2.36. The maximum Gasteiger partial charge on any atom is 0.195 e. The predicted octanol–water partition coefficient (Wildman–Crippen LogP) is 4.80. The van der Waals surface area contributed by atoms with Crippen LogP contribution in [0, 0.1) is 5.92 Å². The molecule has 3 aromatic carbocycles. The van der Waals surface area contributed by atoms with Crippen molar-refractivity contribution in [1.82, 2.24) is 0 Å². The van der Waals surface area contributed by atoms with Crippen molar-refractivity contribution in [3.05, 3.63) is 96.6 Å². The molecule has 1 saturated carbocycles. The van der Waals surface area contributed by atoms with Crippen LogP contribution in [0.5, 0.6) is 0 Å². The predicted molar refractivity (Wildman–Crippen MR) is 127 cm³/mol. The number of Topliss-reactive ketones (excluding diaryl/α,β-unsaturated/α-hetero) is 1. The molecule has 3 aromatic rings. The summed E-state index contributed by atoms with van der Waals surface area (Å²) in [5.41, 5.74) is 1.09. The molecule has 172 valence electrons. The van der Waals surface area contributed by atoms with Gasteiger partial charge in [0.05, 0.1) is 9.79 Å². The highest BCUT2D eigenvalue weighted by atomic mass is 32.3. The van der Waals surface area contributed by atoms with Crippen molar-refractivity contribution >= 4 is 25.5 Å². The first-order valence-electron chi connectivity index (χ1n) is 11.0. The molecule has 1 fully saturated rings. The Hall–Kier alpha value is -2.77. The van der Waals surface area contributed by atoms with Crippen LogP contribution in [0.2, 0.25) is 0 Å². The fourth-order valence-electron chi connectivity index (χ4n) is 4.55. The molecule has 0 N–H and O–H groups in total. The molecule has 0 saturated heterocycles. The lowest BCUT2D eigenvalue weighted by Gasteiger charge is -2.30. The maximum atomic E-state index is 13.6. The van der Waals surface area contributed by atoms with Crippen molar-refractivity contribution in [2.45, 2.75) is 46.0 Å². The number of hydrogen-bond donors (Lipinski definition) is 0. The van der Waals surface area contributed by atoms with Crippen LogP contribution >= 0.6 is 0 Å². The van der Waals surface area contributed by atoms with E-state index < -0.39 is 30.2 Å². The van der Waals surface area contributed by atoms with Crippen LogP contribution in [0.3, 0.4) is 0 Å². The van der Waals surface area contributed by atoms with E-state index in [1.807, 2.05) is 30.3 Å². The summed E-state index contributed by atoms with van der Waals surface area (Å²) in [6.07, 6.45) is 1.18. The summed E-state index contributed by atoms with van der Waals surface area (Å²) in [7, 11) is -8.50. The minimum atomic E-state index is -4.25. The Morgan fingerprint density at radius 3 is 1.64 bits per heavy atom. The molecule has 33 heavy (non-hydrogen) atoms. The van der Waals surface area contributed by atoms with Gasteiger partial charge in [-0.25, -0.2) is 16.8 Å². The Bertz CT molecular complexity index is 1230. The van der Waals surface area contributed by atoms with E-state index in [9.17, 15) is 21.6 Å². The fourth-order valence-corrected chi connectivity index (χ4v) is 9.20. The topological polar surface area (TPSA) is 85.3 Å². The maximum absolute atomic E-state index is 13.6. The molecule has 5 nitrogen and oxygen atoms in total. The molecule has 1 aliphatic carbocycles. The lowest BCUT2D eigenvalue weighted by molar-refractivity contribution is -0.125. The average molecular weight is 483 g/mol. The van der Waals surface area contributed by atoms with Gasteiger partial charge in [0.15, 0.2) is 24.3 Å². The van der Waals surface area contributed by atoms with Crippen LogP contribution in [0.1, 0.15) is 37.2 Å². The molecule has 7 heteroatoms. The summed E-state index contributed by atoms with van der Waals surface area (Å²) < 4.78 is 52.6. The summed E-state index contributed by atoms with van der Waals surface area (Å²) in [5.74, 6) is -0.627. The van der Waals surface area contributed by atoms with E-state index in [1.165, 1.54) is 24.3 Å². The van der Waals surface area contributed by atoms with Gasteiger partial charge in [0.25, 0.3) is 0 Å². The zero-order valence-electron chi connectivity index (χ0n) is 18.1. The number of carbonyl (C=O) groups excluding carboxylic acids is 1. The van der Waals surface area contributed by atoms with E-state index in [4.69, 9.17) is 0 Å². The number of ketones is 1. The highest BCUT2D eigenvalue weighted by Crippen LogP contribution is 2.39. The third-order valence-corrected chi connectivity index (χ3v) is 11.5. The van der Waals surface area contributed by atoms with Crippen molar-refractivity contribution in [1.29, 1.82) is 0 Å². The first kappa shape index (κ1) is 23.4. The number of benzene rings is 3. The zero-order chi connectivity index (χ0) is 23.5. The quantitative estimate of drug-likeness (QED) is 0.483. The van der Waals surface area contributed by atoms with E-state index in [2.05, 4.69) is 0 Å². The van der Waals surface area contributed by atoms with Crippen LogP contribution in [0.15, 0.2) is 101 Å². The summed E-state index contributed by atoms with van der Waals surface area (Å²) >= 11 is 0. The molecular formula is C26H26O5S2. The fraction of sp³-hybridized carbons (Fsp3) is 0.269. The van der Waals surface area contributed by atoms with Crippen molar-refractivity contribution in [2.24, 2.45) is 5.92 Å². The Kier molecular flexibility index (Phi) is 6.81. The highest BCUT2D eigenvalue weighted by Gasteiger charge is 2.43. The van der Waals surface area contributed by atoms with Gasteiger partial charge in [-0.15, -0.1) is 0 Å². The van der Waals surface area contributed by atoms with Gasteiger partial charge in [0.1, 0.15) is 5.78 Å². The largest absolute Gasteiger partial charge is 0.299 e. The standard InChI is InChI=1S/C26H26O5S2/c27-25-17-16-21(20-10-4-1-5-11-20)18-22(25)19-26(32(28,29)23-12-6-2-7-13-23)33(30,31)24-14-8-3-9-15-24/h1-15,21-22,26H,16-19H2/t21-,22+/m1/s1. The molecule has 0 amide bonds. The minimum Gasteiger partial charge on any atom is -0.299 e. The van der Waals surface area contributed by atoms with E-state index in [0.717, 1.165) is 5.56 Å². The van der Waals surface area contributed by atoms with Crippen molar-refractivity contribution in [3.63, 3.8) is 0 Å². The molecule has 0 aromatic heterocycles. The van der Waals surface area contributed by atoms with Crippen molar-refractivity contribution in [3.8, 4) is 0 Å². The Morgan fingerprint density at radius 2 is 1.15 bits per heavy atom. The van der Waals surface area contributed by atoms with Crippen molar-refractivity contribution < 1.29 is 21.6 Å². The molecule has 0 heterocycles. The summed E-state index contributed by atoms with van der Waals surface area (Å²) in [5, 5.41) is 0. The lowest BCUT2D eigenvalue weighted by atomic mass is 9.76. The van der Waals surface area contributed by atoms with E-state index in [0.29, 0.717) is 19.3 Å². The number of carbonyl (C=O) groups is 1. The molecule has 2 atom stereocenters. The number of sulfone groups is 2. The second kappa shape index (κ2) is 9.61. The normalized spacial score (nSPS) is 19.5. The molecule has 0 radical (unpaired) electrons. The summed E-state index contributed by atoms with van der Waals surface area (Å²) in [6, 6.07) is 25.0. The smallest absolute Gasteiger partial charge is 0.195 e. The summed E-state index contributed by atoms with van der Waals surface area (Å²) in [6.45, 7) is 0. The van der Waals surface area contributed by atoms with Gasteiger partial charge >= 0.3 is 0 Å². The van der Waals surface area contributed by atoms with Crippen LogP contribution in [0.4, 0.5) is 0 Å². The zero-order valence-corrected chi connectivity index (χ0v) is 19.7. The van der Waals surface area contributed by atoms with Gasteiger partial charge in [-0.3, -0.25) is 4.79 Å². The second-order valence-electron chi connectivity index (χ2n) is 8.43.